The van der Waals surface area contributed by atoms with Crippen LogP contribution in [0.3, 0.4) is 0 Å². The standard InChI is InChI=1S/C9H16F3NO3/c1-8(2)15-4-6(5-16-8)13-3-7(14)9(10,11)12/h6-7,13-14H,3-5H2,1-2H3. The van der Waals surface area contributed by atoms with E-state index in [1.165, 1.54) is 0 Å². The van der Waals surface area contributed by atoms with Crippen molar-refractivity contribution in [3.8, 4) is 0 Å². The largest absolute Gasteiger partial charge is 0.415 e. The lowest BCUT2D eigenvalue weighted by atomic mass is 10.2. The summed E-state index contributed by atoms with van der Waals surface area (Å²) in [4.78, 5) is 0. The Morgan fingerprint density at radius 3 is 2.31 bits per heavy atom. The lowest BCUT2D eigenvalue weighted by Gasteiger charge is -2.35. The SMILES string of the molecule is CC1(C)OCC(NCC(O)C(F)(F)F)CO1. The molecule has 4 nitrogen and oxygen atoms in total. The molecule has 0 aliphatic carbocycles. The van der Waals surface area contributed by atoms with Crippen molar-refractivity contribution in [2.75, 3.05) is 19.8 Å². The molecule has 1 rings (SSSR count). The highest BCUT2D eigenvalue weighted by Crippen LogP contribution is 2.20. The Kier molecular flexibility index (Phi) is 4.17. The summed E-state index contributed by atoms with van der Waals surface area (Å²) < 4.78 is 46.4. The molecule has 0 radical (unpaired) electrons. The van der Waals surface area contributed by atoms with Crippen molar-refractivity contribution in [2.24, 2.45) is 0 Å². The van der Waals surface area contributed by atoms with Crippen LogP contribution in [0.1, 0.15) is 13.8 Å². The molecule has 1 aliphatic rings. The summed E-state index contributed by atoms with van der Waals surface area (Å²) in [6, 6.07) is -0.329. The molecule has 0 bridgehead atoms. The van der Waals surface area contributed by atoms with Crippen molar-refractivity contribution < 1.29 is 27.8 Å². The quantitative estimate of drug-likeness (QED) is 0.764. The molecule has 1 saturated heterocycles. The average Bonchev–Trinajstić information content (AvgIpc) is 2.14. The Bertz CT molecular complexity index is 223. The highest BCUT2D eigenvalue weighted by atomic mass is 19.4. The first kappa shape index (κ1) is 13.7. The minimum absolute atomic E-state index is 0.261. The van der Waals surface area contributed by atoms with Crippen molar-refractivity contribution in [1.29, 1.82) is 0 Å². The molecule has 1 fully saturated rings. The minimum Gasteiger partial charge on any atom is -0.382 e. The first-order chi connectivity index (χ1) is 7.21. The van der Waals surface area contributed by atoms with E-state index in [0.29, 0.717) is 0 Å². The molecule has 96 valence electrons. The Hall–Kier alpha value is -0.370. The smallest absolute Gasteiger partial charge is 0.382 e. The van der Waals surface area contributed by atoms with Crippen LogP contribution in [0.25, 0.3) is 0 Å². The maximum atomic E-state index is 12.0. The van der Waals surface area contributed by atoms with Crippen LogP contribution in [0.2, 0.25) is 0 Å². The highest BCUT2D eigenvalue weighted by Gasteiger charge is 2.38. The van der Waals surface area contributed by atoms with Gasteiger partial charge in [0.15, 0.2) is 11.9 Å². The zero-order valence-electron chi connectivity index (χ0n) is 9.17. The van der Waals surface area contributed by atoms with Crippen LogP contribution in [-0.4, -0.2) is 49.0 Å². The normalized spacial score (nSPS) is 24.4. The van der Waals surface area contributed by atoms with E-state index in [1.54, 1.807) is 13.8 Å². The molecular formula is C9H16F3NO3. The summed E-state index contributed by atoms with van der Waals surface area (Å²) in [7, 11) is 0. The molecule has 1 unspecified atom stereocenters. The van der Waals surface area contributed by atoms with Gasteiger partial charge >= 0.3 is 6.18 Å². The molecule has 0 spiro atoms. The maximum absolute atomic E-state index is 12.0. The predicted octanol–water partition coefficient (Wildman–Crippen LogP) is 0.651. The Balaban J connectivity index is 2.25. The highest BCUT2D eigenvalue weighted by molar-refractivity contribution is 4.76. The molecule has 0 saturated carbocycles. The summed E-state index contributed by atoms with van der Waals surface area (Å²) in [5.41, 5.74) is 0. The molecule has 1 atom stereocenters. The minimum atomic E-state index is -4.59. The molecule has 0 amide bonds. The van der Waals surface area contributed by atoms with E-state index >= 15 is 0 Å². The number of ether oxygens (including phenoxy) is 2. The van der Waals surface area contributed by atoms with Crippen molar-refractivity contribution in [3.05, 3.63) is 0 Å². The maximum Gasteiger partial charge on any atom is 0.415 e. The Morgan fingerprint density at radius 1 is 1.38 bits per heavy atom. The zero-order valence-corrected chi connectivity index (χ0v) is 9.17. The van der Waals surface area contributed by atoms with E-state index in [4.69, 9.17) is 14.6 Å². The Morgan fingerprint density at radius 2 is 1.88 bits per heavy atom. The number of rotatable bonds is 3. The summed E-state index contributed by atoms with van der Waals surface area (Å²) in [6.45, 7) is 3.43. The van der Waals surface area contributed by atoms with E-state index in [-0.39, 0.29) is 19.3 Å². The van der Waals surface area contributed by atoms with Crippen molar-refractivity contribution in [3.63, 3.8) is 0 Å². The van der Waals surface area contributed by atoms with Gasteiger partial charge in [-0.15, -0.1) is 0 Å². The second-order valence-electron chi connectivity index (χ2n) is 4.18. The van der Waals surface area contributed by atoms with Crippen LogP contribution in [0.5, 0.6) is 0 Å². The van der Waals surface area contributed by atoms with E-state index in [0.717, 1.165) is 0 Å². The first-order valence-corrected chi connectivity index (χ1v) is 4.97. The summed E-state index contributed by atoms with van der Waals surface area (Å²) >= 11 is 0. The molecule has 0 aromatic heterocycles. The van der Waals surface area contributed by atoms with Crippen LogP contribution in [-0.2, 0) is 9.47 Å². The van der Waals surface area contributed by atoms with Gasteiger partial charge in [-0.2, -0.15) is 13.2 Å². The van der Waals surface area contributed by atoms with Crippen LogP contribution >= 0.6 is 0 Å². The van der Waals surface area contributed by atoms with Crippen LogP contribution in [0, 0.1) is 0 Å². The molecule has 1 heterocycles. The molecule has 0 aromatic carbocycles. The summed E-state index contributed by atoms with van der Waals surface area (Å²) in [6.07, 6.45) is -6.95. The molecular weight excluding hydrogens is 227 g/mol. The third-order valence-electron chi connectivity index (χ3n) is 2.24. The number of nitrogens with one attached hydrogen (secondary N) is 1. The fraction of sp³-hybridized carbons (Fsp3) is 1.00. The molecule has 0 aromatic rings. The second-order valence-corrected chi connectivity index (χ2v) is 4.18. The van der Waals surface area contributed by atoms with E-state index in [2.05, 4.69) is 5.32 Å². The summed E-state index contributed by atoms with van der Waals surface area (Å²) in [5.74, 6) is -0.694. The van der Waals surface area contributed by atoms with Crippen molar-refractivity contribution in [1.82, 2.24) is 5.32 Å². The van der Waals surface area contributed by atoms with Gasteiger partial charge in [0.05, 0.1) is 19.3 Å². The zero-order chi connectivity index (χ0) is 12.4. The van der Waals surface area contributed by atoms with Gasteiger partial charge in [0.2, 0.25) is 0 Å². The van der Waals surface area contributed by atoms with Gasteiger partial charge in [0.25, 0.3) is 0 Å². The third kappa shape index (κ3) is 4.25. The van der Waals surface area contributed by atoms with Crippen LogP contribution in [0.15, 0.2) is 0 Å². The van der Waals surface area contributed by atoms with Crippen LogP contribution in [0.4, 0.5) is 13.2 Å². The first-order valence-electron chi connectivity index (χ1n) is 4.97. The monoisotopic (exact) mass is 243 g/mol. The van der Waals surface area contributed by atoms with Gasteiger partial charge in [-0.1, -0.05) is 0 Å². The summed E-state index contributed by atoms with van der Waals surface area (Å²) in [5, 5.41) is 11.3. The van der Waals surface area contributed by atoms with E-state index in [1.807, 2.05) is 0 Å². The van der Waals surface area contributed by atoms with Gasteiger partial charge in [-0.05, 0) is 13.8 Å². The molecule has 2 N–H and O–H groups in total. The van der Waals surface area contributed by atoms with Gasteiger partial charge in [-0.25, -0.2) is 0 Å². The van der Waals surface area contributed by atoms with Crippen molar-refractivity contribution >= 4 is 0 Å². The number of aliphatic hydroxyl groups is 1. The fourth-order valence-corrected chi connectivity index (χ4v) is 1.20. The van der Waals surface area contributed by atoms with Gasteiger partial charge in [-0.3, -0.25) is 0 Å². The van der Waals surface area contributed by atoms with Crippen molar-refractivity contribution in [2.45, 2.75) is 38.0 Å². The van der Waals surface area contributed by atoms with E-state index < -0.39 is 24.6 Å². The van der Waals surface area contributed by atoms with E-state index in [9.17, 15) is 13.2 Å². The number of alkyl halides is 3. The fourth-order valence-electron chi connectivity index (χ4n) is 1.20. The average molecular weight is 243 g/mol. The molecule has 1 aliphatic heterocycles. The topological polar surface area (TPSA) is 50.7 Å². The number of aliphatic hydroxyl groups excluding tert-OH is 1. The lowest BCUT2D eigenvalue weighted by molar-refractivity contribution is -0.254. The lowest BCUT2D eigenvalue weighted by Crippen LogP contribution is -2.51. The van der Waals surface area contributed by atoms with Gasteiger partial charge in [0, 0.05) is 6.54 Å². The third-order valence-corrected chi connectivity index (χ3v) is 2.24. The molecule has 16 heavy (non-hydrogen) atoms. The Labute approximate surface area is 91.7 Å². The number of hydrogen-bond acceptors (Lipinski definition) is 4. The predicted molar refractivity (Wildman–Crippen MR) is 49.8 cm³/mol. The molecule has 7 heteroatoms. The second kappa shape index (κ2) is 4.87. The number of halogens is 3. The van der Waals surface area contributed by atoms with Gasteiger partial charge < -0.3 is 19.9 Å². The number of hydrogen-bond donors (Lipinski definition) is 2. The van der Waals surface area contributed by atoms with Crippen LogP contribution < -0.4 is 5.32 Å². The van der Waals surface area contributed by atoms with Gasteiger partial charge in [0.1, 0.15) is 0 Å².